The number of benzene rings is 2. The van der Waals surface area contributed by atoms with Gasteiger partial charge in [-0.3, -0.25) is 0 Å². The van der Waals surface area contributed by atoms with Crippen molar-refractivity contribution in [1.82, 2.24) is 0 Å². The van der Waals surface area contributed by atoms with Gasteiger partial charge in [-0.15, -0.1) is 0 Å². The quantitative estimate of drug-likeness (QED) is 0.213. The monoisotopic (exact) mass is 500 g/mol. The van der Waals surface area contributed by atoms with Gasteiger partial charge in [-0.1, -0.05) is 0 Å². The summed E-state index contributed by atoms with van der Waals surface area (Å²) in [6, 6.07) is 16.2. The average molecular weight is 501 g/mol. The average Bonchev–Trinajstić information content (AvgIpc) is 2.79. The van der Waals surface area contributed by atoms with Crippen LogP contribution in [0, 0.1) is 0 Å². The molecule has 0 saturated heterocycles. The number of aromatic hydroxyl groups is 2. The van der Waals surface area contributed by atoms with E-state index in [0.717, 1.165) is 11.1 Å². The minimum Gasteiger partial charge on any atom is -1.00 e. The van der Waals surface area contributed by atoms with Crippen molar-refractivity contribution in [3.05, 3.63) is 96.6 Å². The molecular formula is C24H18Cl2N2O6. The number of carboxylic acids is 2. The van der Waals surface area contributed by atoms with Gasteiger partial charge in [-0.2, -0.15) is 9.13 Å². The Morgan fingerprint density at radius 1 is 0.559 bits per heavy atom. The number of rotatable bonds is 5. The number of hydrogen-bond donors (Lipinski definition) is 4. The molecule has 0 aliphatic heterocycles. The third-order valence-corrected chi connectivity index (χ3v) is 5.01. The molecule has 4 rings (SSSR count). The van der Waals surface area contributed by atoms with Crippen LogP contribution in [0.15, 0.2) is 85.5 Å². The van der Waals surface area contributed by atoms with E-state index in [-0.39, 0.29) is 47.4 Å². The molecule has 4 aromatic rings. The van der Waals surface area contributed by atoms with Gasteiger partial charge in [-0.25, -0.2) is 9.59 Å². The molecule has 0 bridgehead atoms. The van der Waals surface area contributed by atoms with Crippen molar-refractivity contribution < 1.29 is 64.0 Å². The molecule has 0 amide bonds. The Morgan fingerprint density at radius 2 is 0.882 bits per heavy atom. The van der Waals surface area contributed by atoms with Gasteiger partial charge >= 0.3 is 11.9 Å². The molecule has 0 unspecified atom stereocenters. The fraction of sp³-hybridized carbons (Fsp3) is 0. The molecule has 2 aromatic carbocycles. The van der Waals surface area contributed by atoms with Crippen molar-refractivity contribution in [3.8, 4) is 34.0 Å². The molecular weight excluding hydrogens is 483 g/mol. The Kier molecular flexibility index (Phi) is 8.18. The highest BCUT2D eigenvalue weighted by Gasteiger charge is 2.17. The van der Waals surface area contributed by atoms with Gasteiger partial charge in [0.25, 0.3) is 0 Å². The summed E-state index contributed by atoms with van der Waals surface area (Å²) in [5, 5.41) is 37.7. The summed E-state index contributed by atoms with van der Waals surface area (Å²) in [6.45, 7) is 0. The van der Waals surface area contributed by atoms with Crippen LogP contribution >= 0.6 is 0 Å². The van der Waals surface area contributed by atoms with E-state index < -0.39 is 11.9 Å². The molecule has 4 N–H and O–H groups in total. The number of carbonyl (C=O) groups is 2. The van der Waals surface area contributed by atoms with E-state index in [1.165, 1.54) is 24.3 Å². The Bertz CT molecular complexity index is 1240. The van der Waals surface area contributed by atoms with Crippen LogP contribution in [-0.4, -0.2) is 32.4 Å². The molecule has 174 valence electrons. The highest BCUT2D eigenvalue weighted by molar-refractivity contribution is 5.91. The second-order valence-corrected chi connectivity index (χ2v) is 7.00. The molecule has 2 aromatic heterocycles. The molecule has 0 aliphatic carbocycles. The number of halogens is 2. The molecule has 0 atom stereocenters. The summed E-state index contributed by atoms with van der Waals surface area (Å²) in [5.74, 6) is -2.99. The van der Waals surface area contributed by atoms with Gasteiger partial charge in [0.2, 0.25) is 11.4 Å². The smallest absolute Gasteiger partial charge is 0.339 e. The number of aromatic carboxylic acids is 2. The lowest BCUT2D eigenvalue weighted by Gasteiger charge is -2.03. The first kappa shape index (κ1) is 26.1. The number of pyridine rings is 2. The van der Waals surface area contributed by atoms with Crippen LogP contribution in [0.4, 0.5) is 0 Å². The predicted octanol–water partition coefficient (Wildman–Crippen LogP) is -3.28. The van der Waals surface area contributed by atoms with Crippen molar-refractivity contribution in [2.75, 3.05) is 0 Å². The summed E-state index contributed by atoms with van der Waals surface area (Å²) in [5.41, 5.74) is 2.68. The van der Waals surface area contributed by atoms with Gasteiger partial charge in [-0.05, 0) is 23.3 Å². The maximum atomic E-state index is 11.2. The summed E-state index contributed by atoms with van der Waals surface area (Å²) < 4.78 is 3.48. The number of nitrogens with zero attached hydrogens (tertiary/aromatic N) is 2. The summed E-state index contributed by atoms with van der Waals surface area (Å²) in [6.07, 6.45) is 7.14. The van der Waals surface area contributed by atoms with Gasteiger partial charge in [0, 0.05) is 48.5 Å². The molecule has 0 aliphatic rings. The first-order valence-electron chi connectivity index (χ1n) is 9.50. The van der Waals surface area contributed by atoms with Crippen LogP contribution in [0.1, 0.15) is 20.7 Å². The van der Waals surface area contributed by atoms with E-state index >= 15 is 0 Å². The molecule has 0 saturated carbocycles. The highest BCUT2D eigenvalue weighted by Crippen LogP contribution is 2.21. The van der Waals surface area contributed by atoms with Crippen molar-refractivity contribution in [2.24, 2.45) is 0 Å². The third kappa shape index (κ3) is 5.25. The fourth-order valence-corrected chi connectivity index (χ4v) is 3.29. The number of hydrogen-bond acceptors (Lipinski definition) is 4. The van der Waals surface area contributed by atoms with Crippen molar-refractivity contribution in [2.45, 2.75) is 0 Å². The van der Waals surface area contributed by atoms with Crippen molar-refractivity contribution >= 4 is 11.9 Å². The zero-order valence-electron chi connectivity index (χ0n) is 17.3. The topological polar surface area (TPSA) is 123 Å². The van der Waals surface area contributed by atoms with E-state index in [0.29, 0.717) is 11.4 Å². The van der Waals surface area contributed by atoms with Crippen LogP contribution in [0.25, 0.3) is 22.5 Å². The lowest BCUT2D eigenvalue weighted by molar-refractivity contribution is -0.596. The number of carboxylic acid groups (broad SMARTS) is 2. The minimum atomic E-state index is -1.21. The maximum Gasteiger partial charge on any atom is 0.339 e. The SMILES string of the molecule is O=C(O)c1cc(-[n+]2ccc(-c3cc[n+](-c4ccc(O)c(C(=O)O)c4)cc3)cc2)ccc1O.[Cl-].[Cl-]. The van der Waals surface area contributed by atoms with Crippen LogP contribution in [-0.2, 0) is 0 Å². The molecule has 0 fully saturated rings. The molecule has 34 heavy (non-hydrogen) atoms. The molecule has 10 heteroatoms. The van der Waals surface area contributed by atoms with Crippen molar-refractivity contribution in [3.63, 3.8) is 0 Å². The van der Waals surface area contributed by atoms with Gasteiger partial charge in [0.15, 0.2) is 24.8 Å². The van der Waals surface area contributed by atoms with Crippen molar-refractivity contribution in [1.29, 1.82) is 0 Å². The van der Waals surface area contributed by atoms with E-state index in [1.54, 1.807) is 46.1 Å². The highest BCUT2D eigenvalue weighted by atomic mass is 35.5. The summed E-state index contributed by atoms with van der Waals surface area (Å²) >= 11 is 0. The van der Waals surface area contributed by atoms with Gasteiger partial charge < -0.3 is 45.2 Å². The fourth-order valence-electron chi connectivity index (χ4n) is 3.29. The van der Waals surface area contributed by atoms with E-state index in [9.17, 15) is 30.0 Å². The zero-order chi connectivity index (χ0) is 22.8. The largest absolute Gasteiger partial charge is 1.00 e. The molecule has 0 spiro atoms. The predicted molar refractivity (Wildman–Crippen MR) is 112 cm³/mol. The van der Waals surface area contributed by atoms with E-state index in [4.69, 9.17) is 0 Å². The standard InChI is InChI=1S/C24H16N2O6.2ClH/c27-21-3-1-17(13-19(21)23(29)30)25-9-5-15(6-10-25)16-7-11-26(12-8-16)18-2-4-22(28)20(14-18)24(31)32;;/h1-14H,(H2-,27,29,30,31,32);2*1H. The summed E-state index contributed by atoms with van der Waals surface area (Å²) in [7, 11) is 0. The first-order valence-corrected chi connectivity index (χ1v) is 9.50. The van der Waals surface area contributed by atoms with Crippen LogP contribution in [0.5, 0.6) is 11.5 Å². The Balaban J connectivity index is 0.00000204. The minimum absolute atomic E-state index is 0. The summed E-state index contributed by atoms with van der Waals surface area (Å²) in [4.78, 5) is 22.5. The molecule has 2 heterocycles. The lowest BCUT2D eigenvalue weighted by atomic mass is 10.1. The van der Waals surface area contributed by atoms with E-state index in [1.807, 2.05) is 24.3 Å². The molecule has 0 radical (unpaired) electrons. The van der Waals surface area contributed by atoms with Crippen LogP contribution in [0.3, 0.4) is 0 Å². The zero-order valence-corrected chi connectivity index (χ0v) is 18.9. The van der Waals surface area contributed by atoms with Crippen LogP contribution in [0.2, 0.25) is 0 Å². The Labute approximate surface area is 206 Å². The Morgan fingerprint density at radius 3 is 1.18 bits per heavy atom. The van der Waals surface area contributed by atoms with Crippen LogP contribution < -0.4 is 33.9 Å². The lowest BCUT2D eigenvalue weighted by Crippen LogP contribution is -3.00. The number of aromatic nitrogens is 2. The third-order valence-electron chi connectivity index (χ3n) is 5.01. The normalized spacial score (nSPS) is 10.0. The van der Waals surface area contributed by atoms with Gasteiger partial charge in [0.05, 0.1) is 0 Å². The molecule has 8 nitrogen and oxygen atoms in total. The second kappa shape index (κ2) is 10.7. The first-order chi connectivity index (χ1) is 15.3. The Hall–Kier alpha value is -4.14. The maximum absolute atomic E-state index is 11.2. The number of phenols is 2. The van der Waals surface area contributed by atoms with E-state index in [2.05, 4.69) is 0 Å². The van der Waals surface area contributed by atoms with Gasteiger partial charge in [0.1, 0.15) is 22.6 Å². The second-order valence-electron chi connectivity index (χ2n) is 7.00.